The second-order valence-corrected chi connectivity index (χ2v) is 7.92. The van der Waals surface area contributed by atoms with E-state index in [1.807, 2.05) is 6.92 Å². The summed E-state index contributed by atoms with van der Waals surface area (Å²) in [5.41, 5.74) is 0.817. The van der Waals surface area contributed by atoms with Gasteiger partial charge in [-0.1, -0.05) is 26.8 Å². The smallest absolute Gasteiger partial charge is 0.191 e. The number of rotatable bonds is 5. The minimum Gasteiger partial charge on any atom is -0.505 e. The van der Waals surface area contributed by atoms with Crippen LogP contribution in [0.3, 0.4) is 0 Å². The van der Waals surface area contributed by atoms with Gasteiger partial charge < -0.3 is 20.5 Å². The lowest BCUT2D eigenvalue weighted by Crippen LogP contribution is -2.47. The molecule has 0 amide bonds. The Morgan fingerprint density at radius 1 is 1.35 bits per heavy atom. The summed E-state index contributed by atoms with van der Waals surface area (Å²) in [5, 5.41) is 15.9. The van der Waals surface area contributed by atoms with Gasteiger partial charge in [-0.2, -0.15) is 0 Å². The third-order valence-electron chi connectivity index (χ3n) is 4.61. The molecule has 146 valence electrons. The van der Waals surface area contributed by atoms with E-state index in [1.165, 1.54) is 12.1 Å². The third-order valence-corrected chi connectivity index (χ3v) is 4.61. The molecule has 6 heteroatoms. The molecule has 5 nitrogen and oxygen atoms in total. The summed E-state index contributed by atoms with van der Waals surface area (Å²) in [5.74, 6) is 0.175. The molecule has 0 spiro atoms. The van der Waals surface area contributed by atoms with Gasteiger partial charge in [0.1, 0.15) is 0 Å². The van der Waals surface area contributed by atoms with E-state index in [9.17, 15) is 9.50 Å². The monoisotopic (exact) mass is 365 g/mol. The molecular weight excluding hydrogens is 333 g/mol. The van der Waals surface area contributed by atoms with Gasteiger partial charge in [-0.05, 0) is 42.9 Å². The van der Waals surface area contributed by atoms with Crippen LogP contribution < -0.4 is 10.6 Å². The number of guanidine groups is 1. The van der Waals surface area contributed by atoms with E-state index in [1.54, 1.807) is 6.07 Å². The Bertz CT molecular complexity index is 614. The lowest BCUT2D eigenvalue weighted by atomic mass is 9.78. The minimum absolute atomic E-state index is 0.103. The molecular formula is C20H32FN3O2. The first-order valence-electron chi connectivity index (χ1n) is 9.42. The van der Waals surface area contributed by atoms with E-state index in [2.05, 4.69) is 36.4 Å². The zero-order chi connectivity index (χ0) is 19.2. The molecule has 0 radical (unpaired) electrons. The van der Waals surface area contributed by atoms with E-state index in [0.717, 1.165) is 32.5 Å². The summed E-state index contributed by atoms with van der Waals surface area (Å²) >= 11 is 0. The fourth-order valence-electron chi connectivity index (χ4n) is 3.40. The van der Waals surface area contributed by atoms with Crippen molar-refractivity contribution in [2.24, 2.45) is 16.3 Å². The van der Waals surface area contributed by atoms with Crippen molar-refractivity contribution < 1.29 is 14.2 Å². The Balaban J connectivity index is 1.99. The summed E-state index contributed by atoms with van der Waals surface area (Å²) in [7, 11) is 0. The van der Waals surface area contributed by atoms with Crippen LogP contribution in [0.1, 0.15) is 46.1 Å². The first kappa shape index (κ1) is 20.5. The van der Waals surface area contributed by atoms with Crippen LogP contribution in [0.15, 0.2) is 23.2 Å². The molecule has 0 aliphatic carbocycles. The topological polar surface area (TPSA) is 65.9 Å². The predicted molar refractivity (Wildman–Crippen MR) is 103 cm³/mol. The second-order valence-electron chi connectivity index (χ2n) is 7.92. The van der Waals surface area contributed by atoms with Gasteiger partial charge in [0.25, 0.3) is 0 Å². The lowest BCUT2D eigenvalue weighted by molar-refractivity contribution is -0.0835. The van der Waals surface area contributed by atoms with Crippen molar-refractivity contribution in [2.75, 3.05) is 19.7 Å². The number of phenols is 1. The van der Waals surface area contributed by atoms with E-state index in [0.29, 0.717) is 24.0 Å². The molecule has 1 saturated heterocycles. The van der Waals surface area contributed by atoms with Crippen molar-refractivity contribution in [1.82, 2.24) is 10.6 Å². The largest absolute Gasteiger partial charge is 0.505 e. The van der Waals surface area contributed by atoms with E-state index in [-0.39, 0.29) is 17.3 Å². The van der Waals surface area contributed by atoms with Crippen molar-refractivity contribution in [3.8, 4) is 5.75 Å². The van der Waals surface area contributed by atoms with Crippen LogP contribution in [-0.2, 0) is 11.3 Å². The maximum Gasteiger partial charge on any atom is 0.191 e. The molecule has 1 aliphatic rings. The van der Waals surface area contributed by atoms with E-state index in [4.69, 9.17) is 4.74 Å². The number of aromatic hydroxyl groups is 1. The molecule has 0 saturated carbocycles. The maximum absolute atomic E-state index is 13.5. The number of nitrogens with one attached hydrogen (secondary N) is 2. The number of nitrogens with zero attached hydrogens (tertiary/aromatic N) is 1. The van der Waals surface area contributed by atoms with Gasteiger partial charge in [-0.3, -0.25) is 0 Å². The van der Waals surface area contributed by atoms with Crippen LogP contribution in [-0.4, -0.2) is 36.9 Å². The molecule has 0 bridgehead atoms. The van der Waals surface area contributed by atoms with Crippen molar-refractivity contribution in [2.45, 2.75) is 53.2 Å². The average Bonchev–Trinajstić information content (AvgIpc) is 2.59. The van der Waals surface area contributed by atoms with Gasteiger partial charge in [0.2, 0.25) is 0 Å². The Morgan fingerprint density at radius 3 is 2.77 bits per heavy atom. The zero-order valence-electron chi connectivity index (χ0n) is 16.3. The van der Waals surface area contributed by atoms with Crippen molar-refractivity contribution in [1.29, 1.82) is 0 Å². The van der Waals surface area contributed by atoms with Gasteiger partial charge in [-0.25, -0.2) is 9.38 Å². The Morgan fingerprint density at radius 2 is 2.12 bits per heavy atom. The zero-order valence-corrected chi connectivity index (χ0v) is 16.3. The van der Waals surface area contributed by atoms with Crippen LogP contribution in [0.2, 0.25) is 0 Å². The number of ether oxygens (including phenoxy) is 1. The third kappa shape index (κ3) is 5.87. The van der Waals surface area contributed by atoms with Gasteiger partial charge >= 0.3 is 0 Å². The lowest BCUT2D eigenvalue weighted by Gasteiger charge is -2.40. The highest BCUT2D eigenvalue weighted by Crippen LogP contribution is 2.33. The summed E-state index contributed by atoms with van der Waals surface area (Å²) in [6.07, 6.45) is 2.44. The van der Waals surface area contributed by atoms with E-state index >= 15 is 0 Å². The summed E-state index contributed by atoms with van der Waals surface area (Å²) in [6, 6.07) is 4.34. The molecule has 1 aromatic carbocycles. The first-order chi connectivity index (χ1) is 12.3. The number of hydrogen-bond acceptors (Lipinski definition) is 3. The van der Waals surface area contributed by atoms with Crippen molar-refractivity contribution >= 4 is 5.96 Å². The molecule has 26 heavy (non-hydrogen) atoms. The van der Waals surface area contributed by atoms with Gasteiger partial charge in [0.15, 0.2) is 17.5 Å². The van der Waals surface area contributed by atoms with E-state index < -0.39 is 5.82 Å². The number of aliphatic imine (C=N–C) groups is 1. The highest BCUT2D eigenvalue weighted by molar-refractivity contribution is 5.79. The first-order valence-corrected chi connectivity index (χ1v) is 9.42. The SMILES string of the molecule is CCNC(=NCc1ccc(O)c(F)c1)NCC1CCCOC1C(C)(C)C. The molecule has 2 atom stereocenters. The summed E-state index contributed by atoms with van der Waals surface area (Å²) in [4.78, 5) is 4.53. The Kier molecular flexibility index (Phi) is 7.26. The van der Waals surface area contributed by atoms with Crippen molar-refractivity contribution in [3.63, 3.8) is 0 Å². The number of halogens is 1. The normalized spacial score (nSPS) is 21.5. The Hall–Kier alpha value is -1.82. The standard InChI is InChI=1S/C20H32FN3O2/c1-5-22-19(23-12-14-8-9-17(25)16(21)11-14)24-13-15-7-6-10-26-18(15)20(2,3)4/h8-9,11,15,18,25H,5-7,10,12-13H2,1-4H3,(H2,22,23,24). The highest BCUT2D eigenvalue weighted by Gasteiger charge is 2.35. The van der Waals surface area contributed by atoms with Crippen LogP contribution >= 0.6 is 0 Å². The highest BCUT2D eigenvalue weighted by atomic mass is 19.1. The molecule has 0 aromatic heterocycles. The van der Waals surface area contributed by atoms with Crippen LogP contribution in [0.4, 0.5) is 4.39 Å². The fraction of sp³-hybridized carbons (Fsp3) is 0.650. The van der Waals surface area contributed by atoms with Crippen LogP contribution in [0, 0.1) is 17.2 Å². The number of phenolic OH excluding ortho intramolecular Hbond substituents is 1. The van der Waals surface area contributed by atoms with Crippen molar-refractivity contribution in [3.05, 3.63) is 29.6 Å². The Labute approximate surface area is 156 Å². The van der Waals surface area contributed by atoms with Crippen LogP contribution in [0.25, 0.3) is 0 Å². The minimum atomic E-state index is -0.622. The quantitative estimate of drug-likeness (QED) is 0.552. The molecule has 2 unspecified atom stereocenters. The maximum atomic E-state index is 13.5. The molecule has 1 heterocycles. The number of benzene rings is 1. The van der Waals surface area contributed by atoms with Gasteiger partial charge in [0.05, 0.1) is 12.6 Å². The molecule has 1 aliphatic heterocycles. The molecule has 3 N–H and O–H groups in total. The second kappa shape index (κ2) is 9.21. The molecule has 1 aromatic rings. The molecule has 1 fully saturated rings. The average molecular weight is 365 g/mol. The number of hydrogen-bond donors (Lipinski definition) is 3. The summed E-state index contributed by atoms with van der Waals surface area (Å²) in [6.45, 7) is 11.4. The van der Waals surface area contributed by atoms with Gasteiger partial charge in [-0.15, -0.1) is 0 Å². The van der Waals surface area contributed by atoms with Gasteiger partial charge in [0, 0.05) is 25.6 Å². The molecule has 2 rings (SSSR count). The fourth-order valence-corrected chi connectivity index (χ4v) is 3.40. The summed E-state index contributed by atoms with van der Waals surface area (Å²) < 4.78 is 19.5. The van der Waals surface area contributed by atoms with Crippen LogP contribution in [0.5, 0.6) is 5.75 Å². The predicted octanol–water partition coefficient (Wildman–Crippen LogP) is 3.43.